The predicted molar refractivity (Wildman–Crippen MR) is 65.4 cm³/mol. The number of nitrogens with zero attached hydrogens (tertiary/aromatic N) is 1. The predicted octanol–water partition coefficient (Wildman–Crippen LogP) is -2.65. The zero-order valence-electron chi connectivity index (χ0n) is 10.0. The van der Waals surface area contributed by atoms with Crippen LogP contribution >= 0.6 is 0 Å². The molecule has 0 spiro atoms. The Morgan fingerprint density at radius 1 is 0.895 bits per heavy atom. The third kappa shape index (κ3) is 6.17. The molecule has 19 heavy (non-hydrogen) atoms. The van der Waals surface area contributed by atoms with E-state index in [1.54, 1.807) is 12.3 Å². The summed E-state index contributed by atoms with van der Waals surface area (Å²) in [4.78, 5) is 4.08. The van der Waals surface area contributed by atoms with Crippen molar-refractivity contribution in [2.75, 3.05) is 0 Å². The maximum atomic E-state index is 9.33. The zero-order valence-corrected chi connectivity index (χ0v) is 13.1. The van der Waals surface area contributed by atoms with Crippen LogP contribution in [-0.2, 0) is 21.7 Å². The molecule has 0 unspecified atom stereocenters. The van der Waals surface area contributed by atoms with Gasteiger partial charge in [-0.15, -0.1) is 0 Å². The monoisotopic (exact) mass is 328 g/mol. The van der Waals surface area contributed by atoms with E-state index < -0.39 is 0 Å². The molecule has 1 radical (unpaired) electrons. The molecule has 0 aliphatic rings. The fraction of sp³-hybridized carbons (Fsp3) is 0. The van der Waals surface area contributed by atoms with E-state index in [4.69, 9.17) is 0 Å². The Hall–Kier alpha value is -0.926. The van der Waals surface area contributed by atoms with Crippen LogP contribution in [-0.4, -0.2) is 10.1 Å². The van der Waals surface area contributed by atoms with Crippen molar-refractivity contribution in [3.8, 4) is 5.75 Å². The molecule has 97 valence electrons. The molecule has 1 aromatic heterocycles. The SMILES string of the molecule is Oc1ccnc2ccccc12.[Cl-].[Cl-].[Ti+3].c1cc[cH-]c1. The van der Waals surface area contributed by atoms with Gasteiger partial charge in [0.1, 0.15) is 5.75 Å². The summed E-state index contributed by atoms with van der Waals surface area (Å²) in [6.07, 6.45) is 1.59. The van der Waals surface area contributed by atoms with Gasteiger partial charge in [0.15, 0.2) is 0 Å². The molecular weight excluding hydrogens is 317 g/mol. The van der Waals surface area contributed by atoms with Crippen LogP contribution in [0, 0.1) is 0 Å². The number of aromatic hydroxyl groups is 1. The third-order valence-corrected chi connectivity index (χ3v) is 2.18. The molecule has 0 saturated carbocycles. The topological polar surface area (TPSA) is 33.1 Å². The van der Waals surface area contributed by atoms with Gasteiger partial charge in [0.05, 0.1) is 5.52 Å². The number of hydrogen-bond donors (Lipinski definition) is 1. The van der Waals surface area contributed by atoms with Gasteiger partial charge in [-0.05, 0) is 18.2 Å². The van der Waals surface area contributed by atoms with E-state index in [-0.39, 0.29) is 52.3 Å². The largest absolute Gasteiger partial charge is 3.00 e. The van der Waals surface area contributed by atoms with E-state index in [1.165, 1.54) is 0 Å². The van der Waals surface area contributed by atoms with Gasteiger partial charge in [-0.1, -0.05) is 12.1 Å². The van der Waals surface area contributed by atoms with Crippen molar-refractivity contribution >= 4 is 10.9 Å². The van der Waals surface area contributed by atoms with Crippen LogP contribution in [0.25, 0.3) is 10.9 Å². The van der Waals surface area contributed by atoms with E-state index in [2.05, 4.69) is 4.98 Å². The van der Waals surface area contributed by atoms with Crippen LogP contribution in [0.2, 0.25) is 0 Å². The summed E-state index contributed by atoms with van der Waals surface area (Å²) >= 11 is 0. The molecule has 0 saturated heterocycles. The molecule has 0 fully saturated rings. The average molecular weight is 329 g/mol. The number of pyridine rings is 1. The molecule has 0 aliphatic heterocycles. The van der Waals surface area contributed by atoms with Crippen LogP contribution in [0.3, 0.4) is 0 Å². The molecule has 1 heterocycles. The summed E-state index contributed by atoms with van der Waals surface area (Å²) in [5.41, 5.74) is 0.826. The van der Waals surface area contributed by atoms with Crippen LogP contribution in [0.4, 0.5) is 0 Å². The van der Waals surface area contributed by atoms with Gasteiger partial charge in [0, 0.05) is 11.6 Å². The molecular formula is C14H12Cl2NOTi. The Kier molecular flexibility index (Phi) is 11.8. The van der Waals surface area contributed by atoms with E-state index >= 15 is 0 Å². The van der Waals surface area contributed by atoms with Gasteiger partial charge in [0.2, 0.25) is 0 Å². The van der Waals surface area contributed by atoms with Crippen molar-refractivity contribution in [2.45, 2.75) is 0 Å². The van der Waals surface area contributed by atoms with Gasteiger partial charge in [-0.25, -0.2) is 12.1 Å². The number of hydrogen-bond acceptors (Lipinski definition) is 2. The third-order valence-electron chi connectivity index (χ3n) is 2.18. The first-order chi connectivity index (χ1) is 7.88. The average Bonchev–Trinajstić information content (AvgIpc) is 2.88. The quantitative estimate of drug-likeness (QED) is 0.361. The maximum absolute atomic E-state index is 9.33. The standard InChI is InChI=1S/C9H7NO.C5H5.2ClH.Ti/c11-9-5-6-10-8-4-2-1-3-7(8)9;1-2-4-5-3-1;;;/h1-6H,(H,10,11);1-5H;2*1H;/q;-1;;;+3/p-2. The van der Waals surface area contributed by atoms with E-state index in [0.29, 0.717) is 0 Å². The first-order valence-electron chi connectivity index (χ1n) is 5.07. The van der Waals surface area contributed by atoms with Gasteiger partial charge in [0.25, 0.3) is 0 Å². The Morgan fingerprint density at radius 2 is 1.53 bits per heavy atom. The zero-order chi connectivity index (χ0) is 11.2. The molecule has 2 nitrogen and oxygen atoms in total. The van der Waals surface area contributed by atoms with E-state index in [1.807, 2.05) is 54.6 Å². The number of para-hydroxylation sites is 1. The van der Waals surface area contributed by atoms with Crippen molar-refractivity contribution in [3.63, 3.8) is 0 Å². The smallest absolute Gasteiger partial charge is 1.00 e. The van der Waals surface area contributed by atoms with E-state index in [0.717, 1.165) is 10.9 Å². The van der Waals surface area contributed by atoms with Crippen LogP contribution in [0.15, 0.2) is 66.9 Å². The Bertz CT molecular complexity index is 536. The number of fused-ring (bicyclic) bond motifs is 1. The van der Waals surface area contributed by atoms with Crippen LogP contribution in [0.5, 0.6) is 5.75 Å². The van der Waals surface area contributed by atoms with Gasteiger partial charge < -0.3 is 29.9 Å². The van der Waals surface area contributed by atoms with Crippen molar-refractivity contribution in [2.24, 2.45) is 0 Å². The summed E-state index contributed by atoms with van der Waals surface area (Å²) in [7, 11) is 0. The number of benzene rings is 1. The fourth-order valence-corrected chi connectivity index (χ4v) is 1.40. The molecule has 3 aromatic rings. The van der Waals surface area contributed by atoms with E-state index in [9.17, 15) is 5.11 Å². The van der Waals surface area contributed by atoms with Crippen molar-refractivity contribution in [1.29, 1.82) is 0 Å². The molecule has 0 aliphatic carbocycles. The van der Waals surface area contributed by atoms with Crippen molar-refractivity contribution in [3.05, 3.63) is 66.9 Å². The maximum Gasteiger partial charge on any atom is 3.00 e. The van der Waals surface area contributed by atoms with Gasteiger partial charge >= 0.3 is 21.7 Å². The molecule has 0 atom stereocenters. The molecule has 1 N–H and O–H groups in total. The van der Waals surface area contributed by atoms with Gasteiger partial charge in [-0.2, -0.15) is 18.2 Å². The number of halogens is 2. The Morgan fingerprint density at radius 3 is 2.05 bits per heavy atom. The summed E-state index contributed by atoms with van der Waals surface area (Å²) in [6.45, 7) is 0. The number of aromatic nitrogens is 1. The fourth-order valence-electron chi connectivity index (χ4n) is 1.40. The normalized spacial score (nSPS) is 8.00. The first kappa shape index (κ1) is 20.4. The summed E-state index contributed by atoms with van der Waals surface area (Å²) in [6, 6.07) is 19.1. The second kappa shape index (κ2) is 10.9. The van der Waals surface area contributed by atoms with Gasteiger partial charge in [-0.3, -0.25) is 4.98 Å². The minimum absolute atomic E-state index is 0. The molecule has 0 amide bonds. The Balaban J connectivity index is 0. The minimum atomic E-state index is 0. The first-order valence-corrected chi connectivity index (χ1v) is 5.07. The molecule has 0 bridgehead atoms. The summed E-state index contributed by atoms with van der Waals surface area (Å²) in [5.74, 6) is 0.288. The van der Waals surface area contributed by atoms with Crippen LogP contribution < -0.4 is 24.8 Å². The second-order valence-electron chi connectivity index (χ2n) is 3.31. The minimum Gasteiger partial charge on any atom is -1.00 e. The molecule has 2 aromatic carbocycles. The summed E-state index contributed by atoms with van der Waals surface area (Å²) in [5, 5.41) is 10.1. The van der Waals surface area contributed by atoms with Crippen LogP contribution in [0.1, 0.15) is 0 Å². The second-order valence-corrected chi connectivity index (χ2v) is 3.31. The molecule has 3 rings (SSSR count). The van der Waals surface area contributed by atoms with Crippen molar-refractivity contribution < 1.29 is 51.6 Å². The number of rotatable bonds is 0. The Labute approximate surface area is 139 Å². The molecule has 5 heteroatoms. The summed E-state index contributed by atoms with van der Waals surface area (Å²) < 4.78 is 0. The van der Waals surface area contributed by atoms with Crippen molar-refractivity contribution in [1.82, 2.24) is 4.98 Å².